The Labute approximate surface area is 96.2 Å². The Morgan fingerprint density at radius 1 is 1.56 bits per heavy atom. The minimum atomic E-state index is 0.498. The van der Waals surface area contributed by atoms with Crippen molar-refractivity contribution in [2.75, 3.05) is 18.2 Å². The van der Waals surface area contributed by atoms with Gasteiger partial charge in [0.2, 0.25) is 5.88 Å². The zero-order chi connectivity index (χ0) is 11.5. The summed E-state index contributed by atoms with van der Waals surface area (Å²) in [6.45, 7) is 2.22. The lowest BCUT2D eigenvalue weighted by molar-refractivity contribution is 0.401. The average Bonchev–Trinajstić information content (AvgIpc) is 3.00. The second-order valence-electron chi connectivity index (χ2n) is 4.33. The van der Waals surface area contributed by atoms with E-state index in [0.29, 0.717) is 17.6 Å². The first-order valence-corrected chi connectivity index (χ1v) is 5.81. The number of aromatic nitrogens is 1. The van der Waals surface area contributed by atoms with Gasteiger partial charge in [0.1, 0.15) is 5.82 Å². The third-order valence-electron chi connectivity index (χ3n) is 3.00. The van der Waals surface area contributed by atoms with Gasteiger partial charge in [-0.15, -0.1) is 0 Å². The van der Waals surface area contributed by atoms with Crippen molar-refractivity contribution < 1.29 is 4.74 Å². The predicted molar refractivity (Wildman–Crippen MR) is 65.6 cm³/mol. The zero-order valence-electron chi connectivity index (χ0n) is 9.86. The first-order chi connectivity index (χ1) is 7.74. The lowest BCUT2D eigenvalue weighted by Gasteiger charge is -2.08. The molecule has 1 aliphatic carbocycles. The van der Waals surface area contributed by atoms with Crippen molar-refractivity contribution in [3.8, 4) is 5.88 Å². The smallest absolute Gasteiger partial charge is 0.238 e. The number of hydrogen-bond acceptors (Lipinski definition) is 4. The molecule has 0 saturated heterocycles. The maximum Gasteiger partial charge on any atom is 0.238 e. The Morgan fingerprint density at radius 2 is 2.38 bits per heavy atom. The number of pyridine rings is 1. The van der Waals surface area contributed by atoms with Crippen LogP contribution in [-0.2, 0) is 0 Å². The lowest BCUT2D eigenvalue weighted by atomic mass is 10.2. The van der Waals surface area contributed by atoms with Crippen molar-refractivity contribution in [2.45, 2.75) is 32.2 Å². The molecular formula is C12H19N3O. The van der Waals surface area contributed by atoms with Gasteiger partial charge in [-0.05, 0) is 30.9 Å². The zero-order valence-corrected chi connectivity index (χ0v) is 9.86. The second kappa shape index (κ2) is 4.60. The molecule has 2 rings (SSSR count). The second-order valence-corrected chi connectivity index (χ2v) is 4.33. The third-order valence-corrected chi connectivity index (χ3v) is 3.00. The van der Waals surface area contributed by atoms with Crippen molar-refractivity contribution in [1.29, 1.82) is 0 Å². The molecule has 0 amide bonds. The predicted octanol–water partition coefficient (Wildman–Crippen LogP) is 2.27. The first-order valence-electron chi connectivity index (χ1n) is 5.81. The van der Waals surface area contributed by atoms with Crippen molar-refractivity contribution in [1.82, 2.24) is 4.98 Å². The highest BCUT2D eigenvalue weighted by Crippen LogP contribution is 2.37. The molecule has 1 heterocycles. The number of hydrogen-bond donors (Lipinski definition) is 2. The Bertz CT molecular complexity index is 367. The lowest BCUT2D eigenvalue weighted by Crippen LogP contribution is -2.07. The van der Waals surface area contributed by atoms with E-state index in [4.69, 9.17) is 10.5 Å². The fourth-order valence-electron chi connectivity index (χ4n) is 2.00. The van der Waals surface area contributed by atoms with Crippen LogP contribution in [0.2, 0.25) is 0 Å². The summed E-state index contributed by atoms with van der Waals surface area (Å²) in [5, 5.41) is 3.41. The fraction of sp³-hybridized carbons (Fsp3) is 0.583. The van der Waals surface area contributed by atoms with Gasteiger partial charge in [0.25, 0.3) is 0 Å². The molecule has 2 atom stereocenters. The summed E-state index contributed by atoms with van der Waals surface area (Å²) in [6, 6.07) is 4.31. The summed E-state index contributed by atoms with van der Waals surface area (Å²) in [7, 11) is 1.58. The van der Waals surface area contributed by atoms with E-state index < -0.39 is 0 Å². The number of anilines is 2. The highest BCUT2D eigenvalue weighted by molar-refractivity contribution is 5.54. The molecule has 4 heteroatoms. The topological polar surface area (TPSA) is 60.2 Å². The minimum absolute atomic E-state index is 0.498. The van der Waals surface area contributed by atoms with E-state index in [9.17, 15) is 0 Å². The number of nitrogens with one attached hydrogen (secondary N) is 1. The van der Waals surface area contributed by atoms with E-state index in [1.165, 1.54) is 19.3 Å². The minimum Gasteiger partial charge on any atom is -0.479 e. The van der Waals surface area contributed by atoms with Gasteiger partial charge in [-0.2, -0.15) is 4.98 Å². The van der Waals surface area contributed by atoms with Crippen LogP contribution in [0.1, 0.15) is 26.2 Å². The van der Waals surface area contributed by atoms with E-state index in [2.05, 4.69) is 17.2 Å². The average molecular weight is 221 g/mol. The van der Waals surface area contributed by atoms with Crippen LogP contribution in [0.4, 0.5) is 11.5 Å². The number of ether oxygens (including phenoxy) is 1. The van der Waals surface area contributed by atoms with Gasteiger partial charge in [0.15, 0.2) is 0 Å². The van der Waals surface area contributed by atoms with Gasteiger partial charge in [-0.25, -0.2) is 0 Å². The summed E-state index contributed by atoms with van der Waals surface area (Å²) >= 11 is 0. The van der Waals surface area contributed by atoms with Crippen LogP contribution in [-0.4, -0.2) is 18.1 Å². The first kappa shape index (κ1) is 11.0. The molecule has 3 N–H and O–H groups in total. The van der Waals surface area contributed by atoms with Crippen LogP contribution >= 0.6 is 0 Å². The molecule has 1 aromatic rings. The maximum absolute atomic E-state index is 5.71. The van der Waals surface area contributed by atoms with Crippen LogP contribution < -0.4 is 15.8 Å². The molecule has 16 heavy (non-hydrogen) atoms. The maximum atomic E-state index is 5.71. The number of nitrogens with two attached hydrogens (primary N) is 1. The SMILES string of the molecule is CCCC1CC1Nc1ccc(N)c(OC)n1. The fourth-order valence-corrected chi connectivity index (χ4v) is 2.00. The summed E-state index contributed by atoms with van der Waals surface area (Å²) in [4.78, 5) is 4.31. The molecule has 0 radical (unpaired) electrons. The Balaban J connectivity index is 1.95. The molecule has 0 spiro atoms. The normalized spacial score (nSPS) is 22.9. The van der Waals surface area contributed by atoms with E-state index >= 15 is 0 Å². The van der Waals surface area contributed by atoms with Crippen LogP contribution in [0, 0.1) is 5.92 Å². The summed E-state index contributed by atoms with van der Waals surface area (Å²) < 4.78 is 5.09. The van der Waals surface area contributed by atoms with E-state index in [-0.39, 0.29) is 0 Å². The molecule has 0 aromatic carbocycles. The van der Waals surface area contributed by atoms with Crippen molar-refractivity contribution in [3.63, 3.8) is 0 Å². The molecule has 0 aliphatic heterocycles. The van der Waals surface area contributed by atoms with Crippen molar-refractivity contribution in [3.05, 3.63) is 12.1 Å². The van der Waals surface area contributed by atoms with Gasteiger partial charge in [0, 0.05) is 6.04 Å². The van der Waals surface area contributed by atoms with Gasteiger partial charge in [-0.1, -0.05) is 13.3 Å². The molecule has 88 valence electrons. The van der Waals surface area contributed by atoms with Crippen LogP contribution in [0.15, 0.2) is 12.1 Å². The standard InChI is InChI=1S/C12H19N3O/c1-3-4-8-7-10(8)14-11-6-5-9(13)12(15-11)16-2/h5-6,8,10H,3-4,7,13H2,1-2H3,(H,14,15). The van der Waals surface area contributed by atoms with Crippen molar-refractivity contribution in [2.24, 2.45) is 5.92 Å². The molecule has 1 saturated carbocycles. The molecule has 2 unspecified atom stereocenters. The summed E-state index contributed by atoms with van der Waals surface area (Å²) in [5.74, 6) is 2.17. The number of rotatable bonds is 5. The van der Waals surface area contributed by atoms with E-state index in [1.54, 1.807) is 7.11 Å². The molecular weight excluding hydrogens is 202 g/mol. The van der Waals surface area contributed by atoms with E-state index in [0.717, 1.165) is 11.7 Å². The Morgan fingerprint density at radius 3 is 3.06 bits per heavy atom. The summed E-state index contributed by atoms with van der Waals surface area (Å²) in [6.07, 6.45) is 3.80. The van der Waals surface area contributed by atoms with Gasteiger partial charge in [0.05, 0.1) is 12.8 Å². The van der Waals surface area contributed by atoms with Crippen molar-refractivity contribution >= 4 is 11.5 Å². The summed E-state index contributed by atoms with van der Waals surface area (Å²) in [5.41, 5.74) is 6.28. The van der Waals surface area contributed by atoms with Gasteiger partial charge in [-0.3, -0.25) is 0 Å². The molecule has 1 aliphatic rings. The highest BCUT2D eigenvalue weighted by atomic mass is 16.5. The number of methoxy groups -OCH3 is 1. The van der Waals surface area contributed by atoms with Crippen LogP contribution in [0.3, 0.4) is 0 Å². The molecule has 0 bridgehead atoms. The number of nitrogen functional groups attached to an aromatic ring is 1. The largest absolute Gasteiger partial charge is 0.479 e. The highest BCUT2D eigenvalue weighted by Gasteiger charge is 2.36. The third kappa shape index (κ3) is 2.38. The van der Waals surface area contributed by atoms with Gasteiger partial charge >= 0.3 is 0 Å². The molecule has 1 aromatic heterocycles. The van der Waals surface area contributed by atoms with E-state index in [1.807, 2.05) is 12.1 Å². The quantitative estimate of drug-likeness (QED) is 0.800. The molecule has 1 fully saturated rings. The monoisotopic (exact) mass is 221 g/mol. The van der Waals surface area contributed by atoms with Gasteiger partial charge < -0.3 is 15.8 Å². The Kier molecular flexibility index (Phi) is 3.17. The Hall–Kier alpha value is -1.45. The van der Waals surface area contributed by atoms with Crippen LogP contribution in [0.25, 0.3) is 0 Å². The number of nitrogens with zero attached hydrogens (tertiary/aromatic N) is 1. The molecule has 4 nitrogen and oxygen atoms in total. The van der Waals surface area contributed by atoms with Crippen LogP contribution in [0.5, 0.6) is 5.88 Å².